The van der Waals surface area contributed by atoms with Crippen LogP contribution in [0.1, 0.15) is 65.7 Å². The predicted molar refractivity (Wildman–Crippen MR) is 75.9 cm³/mol. The van der Waals surface area contributed by atoms with E-state index >= 15 is 0 Å². The molecular formula is C16H29N. The predicted octanol–water partition coefficient (Wildman–Crippen LogP) is 3.98. The van der Waals surface area contributed by atoms with Crippen LogP contribution in [0.3, 0.4) is 0 Å². The van der Waals surface area contributed by atoms with Crippen LogP contribution < -0.4 is 5.32 Å². The van der Waals surface area contributed by atoms with Gasteiger partial charge in [0.15, 0.2) is 0 Å². The van der Waals surface area contributed by atoms with Crippen molar-refractivity contribution in [2.24, 2.45) is 11.8 Å². The minimum absolute atomic E-state index is 0.294. The Bertz CT molecular complexity index is 238. The fraction of sp³-hybridized carbons (Fsp3) is 0.875. The lowest BCUT2D eigenvalue weighted by Gasteiger charge is -2.32. The van der Waals surface area contributed by atoms with Crippen molar-refractivity contribution in [2.75, 3.05) is 0 Å². The van der Waals surface area contributed by atoms with E-state index in [4.69, 9.17) is 6.42 Å². The first-order valence-electron chi connectivity index (χ1n) is 7.37. The molecule has 17 heavy (non-hydrogen) atoms. The number of terminal acetylenes is 1. The Balaban J connectivity index is 2.36. The molecule has 0 bridgehead atoms. The third-order valence-electron chi connectivity index (χ3n) is 3.80. The Morgan fingerprint density at radius 2 is 2.12 bits per heavy atom. The summed E-state index contributed by atoms with van der Waals surface area (Å²) in [6.45, 7) is 6.87. The topological polar surface area (TPSA) is 12.0 Å². The second-order valence-corrected chi connectivity index (χ2v) is 6.03. The van der Waals surface area contributed by atoms with Crippen LogP contribution in [0.4, 0.5) is 0 Å². The maximum atomic E-state index is 5.58. The second-order valence-electron chi connectivity index (χ2n) is 6.03. The molecular weight excluding hydrogens is 206 g/mol. The van der Waals surface area contributed by atoms with Crippen LogP contribution >= 0.6 is 0 Å². The summed E-state index contributed by atoms with van der Waals surface area (Å²) in [7, 11) is 0. The van der Waals surface area contributed by atoms with E-state index in [1.54, 1.807) is 0 Å². The molecule has 1 aliphatic carbocycles. The summed E-state index contributed by atoms with van der Waals surface area (Å²) in [5, 5.41) is 3.67. The van der Waals surface area contributed by atoms with Crippen LogP contribution in [0.5, 0.6) is 0 Å². The Morgan fingerprint density at radius 3 is 2.71 bits per heavy atom. The Labute approximate surface area is 108 Å². The van der Waals surface area contributed by atoms with E-state index in [-0.39, 0.29) is 0 Å². The van der Waals surface area contributed by atoms with Crippen LogP contribution in [-0.2, 0) is 0 Å². The minimum atomic E-state index is 0.294. The van der Waals surface area contributed by atoms with Gasteiger partial charge in [0.1, 0.15) is 0 Å². The summed E-state index contributed by atoms with van der Waals surface area (Å²) in [5.41, 5.74) is 0. The lowest BCUT2D eigenvalue weighted by Crippen LogP contribution is -2.40. The van der Waals surface area contributed by atoms with E-state index in [2.05, 4.69) is 32.0 Å². The first-order valence-corrected chi connectivity index (χ1v) is 7.37. The molecule has 1 heteroatoms. The normalized spacial score (nSPS) is 26.8. The smallest absolute Gasteiger partial charge is 0.0688 e. The molecule has 0 aromatic carbocycles. The second kappa shape index (κ2) is 7.77. The summed E-state index contributed by atoms with van der Waals surface area (Å²) in [6, 6.07) is 0.961. The first kappa shape index (κ1) is 14.6. The molecule has 3 unspecified atom stereocenters. The highest BCUT2D eigenvalue weighted by atomic mass is 14.9. The van der Waals surface area contributed by atoms with Gasteiger partial charge in [0.2, 0.25) is 0 Å². The Kier molecular flexibility index (Phi) is 6.66. The fourth-order valence-electron chi connectivity index (χ4n) is 3.11. The molecule has 0 amide bonds. The van der Waals surface area contributed by atoms with Gasteiger partial charge in [-0.1, -0.05) is 46.0 Å². The van der Waals surface area contributed by atoms with Crippen LogP contribution in [0.2, 0.25) is 0 Å². The quantitative estimate of drug-likeness (QED) is 0.687. The highest BCUT2D eigenvalue weighted by molar-refractivity contribution is 5.00. The van der Waals surface area contributed by atoms with Gasteiger partial charge < -0.3 is 5.32 Å². The molecule has 0 radical (unpaired) electrons. The number of hydrogen-bond donors (Lipinski definition) is 1. The zero-order valence-corrected chi connectivity index (χ0v) is 11.8. The zero-order valence-electron chi connectivity index (χ0n) is 11.8. The van der Waals surface area contributed by atoms with Crippen molar-refractivity contribution in [3.8, 4) is 12.3 Å². The van der Waals surface area contributed by atoms with E-state index < -0.39 is 0 Å². The van der Waals surface area contributed by atoms with Crippen LogP contribution in [0.25, 0.3) is 0 Å². The van der Waals surface area contributed by atoms with Gasteiger partial charge in [0.25, 0.3) is 0 Å². The zero-order chi connectivity index (χ0) is 12.7. The highest BCUT2D eigenvalue weighted by Gasteiger charge is 2.23. The number of rotatable bonds is 6. The fourth-order valence-corrected chi connectivity index (χ4v) is 3.11. The van der Waals surface area contributed by atoms with Crippen molar-refractivity contribution < 1.29 is 0 Å². The molecule has 1 rings (SSSR count). The van der Waals surface area contributed by atoms with Gasteiger partial charge in [0, 0.05) is 6.04 Å². The van der Waals surface area contributed by atoms with Gasteiger partial charge in [-0.15, -0.1) is 6.42 Å². The largest absolute Gasteiger partial charge is 0.301 e. The van der Waals surface area contributed by atoms with Gasteiger partial charge in [-0.3, -0.25) is 0 Å². The average Bonchev–Trinajstić information content (AvgIpc) is 2.28. The van der Waals surface area contributed by atoms with Crippen molar-refractivity contribution in [3.05, 3.63) is 0 Å². The molecule has 1 fully saturated rings. The van der Waals surface area contributed by atoms with E-state index in [1.807, 2.05) is 0 Å². The summed E-state index contributed by atoms with van der Waals surface area (Å²) >= 11 is 0. The van der Waals surface area contributed by atoms with Crippen molar-refractivity contribution >= 4 is 0 Å². The minimum Gasteiger partial charge on any atom is -0.301 e. The summed E-state index contributed by atoms with van der Waals surface area (Å²) < 4.78 is 0. The van der Waals surface area contributed by atoms with Crippen molar-refractivity contribution in [2.45, 2.75) is 77.8 Å². The Hall–Kier alpha value is -0.480. The molecule has 1 aliphatic rings. The third-order valence-corrected chi connectivity index (χ3v) is 3.80. The van der Waals surface area contributed by atoms with Crippen LogP contribution in [0.15, 0.2) is 0 Å². The van der Waals surface area contributed by atoms with Crippen molar-refractivity contribution in [1.29, 1.82) is 0 Å². The van der Waals surface area contributed by atoms with E-state index in [0.29, 0.717) is 12.1 Å². The highest BCUT2D eigenvalue weighted by Crippen LogP contribution is 2.29. The van der Waals surface area contributed by atoms with Crippen LogP contribution in [-0.4, -0.2) is 12.1 Å². The standard InChI is InChI=1S/C16H29N/c1-5-8-15(6-2)17-16-10-7-9-14(12-16)11-13(3)4/h2,13-17H,5,7-12H2,1,3-4H3. The van der Waals surface area contributed by atoms with E-state index in [9.17, 15) is 0 Å². The van der Waals surface area contributed by atoms with Crippen LogP contribution in [0, 0.1) is 24.2 Å². The molecule has 1 N–H and O–H groups in total. The van der Waals surface area contributed by atoms with Crippen molar-refractivity contribution in [1.82, 2.24) is 5.32 Å². The maximum Gasteiger partial charge on any atom is 0.0688 e. The molecule has 0 heterocycles. The summed E-state index contributed by atoms with van der Waals surface area (Å²) in [5.74, 6) is 4.64. The third kappa shape index (κ3) is 5.59. The molecule has 1 saturated carbocycles. The number of hydrogen-bond acceptors (Lipinski definition) is 1. The first-order chi connectivity index (χ1) is 8.15. The van der Waals surface area contributed by atoms with Gasteiger partial charge >= 0.3 is 0 Å². The molecule has 98 valence electrons. The molecule has 0 saturated heterocycles. The molecule has 0 aromatic heterocycles. The SMILES string of the molecule is C#CC(CCC)NC1CCCC(CC(C)C)C1. The molecule has 3 atom stereocenters. The van der Waals surface area contributed by atoms with E-state index in [1.165, 1.54) is 38.5 Å². The lowest BCUT2D eigenvalue weighted by molar-refractivity contribution is 0.245. The molecule has 0 aliphatic heterocycles. The lowest BCUT2D eigenvalue weighted by atomic mass is 9.81. The van der Waals surface area contributed by atoms with Gasteiger partial charge in [-0.2, -0.15) is 0 Å². The molecule has 0 spiro atoms. The Morgan fingerprint density at radius 1 is 1.35 bits per heavy atom. The average molecular weight is 235 g/mol. The summed E-state index contributed by atoms with van der Waals surface area (Å²) in [6.07, 6.45) is 14.7. The molecule has 1 nitrogen and oxygen atoms in total. The summed E-state index contributed by atoms with van der Waals surface area (Å²) in [4.78, 5) is 0. The van der Waals surface area contributed by atoms with E-state index in [0.717, 1.165) is 18.3 Å². The molecule has 0 aromatic rings. The van der Waals surface area contributed by atoms with Gasteiger partial charge in [-0.25, -0.2) is 0 Å². The monoisotopic (exact) mass is 235 g/mol. The maximum absolute atomic E-state index is 5.58. The van der Waals surface area contributed by atoms with Gasteiger partial charge in [0.05, 0.1) is 6.04 Å². The number of nitrogens with one attached hydrogen (secondary N) is 1. The van der Waals surface area contributed by atoms with Gasteiger partial charge in [-0.05, 0) is 37.5 Å². The van der Waals surface area contributed by atoms with Crippen molar-refractivity contribution in [3.63, 3.8) is 0 Å².